The van der Waals surface area contributed by atoms with Gasteiger partial charge in [0.25, 0.3) is 0 Å². The van der Waals surface area contributed by atoms with Crippen molar-refractivity contribution in [2.45, 2.75) is 25.4 Å². The van der Waals surface area contributed by atoms with Gasteiger partial charge in [-0.3, -0.25) is 9.69 Å². The molecule has 2 saturated heterocycles. The highest BCUT2D eigenvalue weighted by atomic mass is 16.5. The van der Waals surface area contributed by atoms with Crippen LogP contribution in [0.4, 0.5) is 17.2 Å². The third-order valence-corrected chi connectivity index (χ3v) is 6.21. The molecule has 2 aromatic rings. The standard InChI is InChI=1S/C22H27N5O2/c1-29-20-7-3-2-5-18(20)26-11-9-25(10-12-26)15-16-13-17-21(23-14-16)27-8-4-6-19(27)22(28)24-17/h2-3,5,7,13-14,19H,4,6,8-12,15H2,1H3,(H,24,28). The molecule has 3 aliphatic heterocycles. The second kappa shape index (κ2) is 7.55. The summed E-state index contributed by atoms with van der Waals surface area (Å²) in [6, 6.07) is 10.3. The van der Waals surface area contributed by atoms with E-state index in [1.54, 1.807) is 7.11 Å². The maximum Gasteiger partial charge on any atom is 0.247 e. The predicted molar refractivity (Wildman–Crippen MR) is 114 cm³/mol. The minimum absolute atomic E-state index is 0.0381. The molecule has 1 atom stereocenters. The number of methoxy groups -OCH3 is 1. The first-order chi connectivity index (χ1) is 14.2. The van der Waals surface area contributed by atoms with Crippen molar-refractivity contribution in [3.05, 3.63) is 42.1 Å². The molecule has 1 aromatic heterocycles. The number of hydrogen-bond acceptors (Lipinski definition) is 6. The number of para-hydroxylation sites is 2. The Balaban J connectivity index is 1.24. The zero-order valence-electron chi connectivity index (χ0n) is 16.8. The van der Waals surface area contributed by atoms with Crippen LogP contribution in [0, 0.1) is 0 Å². The SMILES string of the molecule is COc1ccccc1N1CCN(Cc2cnc3c(c2)NC(=O)C2CCCN32)CC1. The van der Waals surface area contributed by atoms with Crippen molar-refractivity contribution in [3.63, 3.8) is 0 Å². The summed E-state index contributed by atoms with van der Waals surface area (Å²) in [6.45, 7) is 5.66. The van der Waals surface area contributed by atoms with Crippen LogP contribution in [0.15, 0.2) is 36.5 Å². The lowest BCUT2D eigenvalue weighted by Crippen LogP contribution is -2.46. The van der Waals surface area contributed by atoms with E-state index in [-0.39, 0.29) is 11.9 Å². The minimum atomic E-state index is -0.0381. The predicted octanol–water partition coefficient (Wildman–Crippen LogP) is 2.33. The number of benzene rings is 1. The number of fused-ring (bicyclic) bond motifs is 3. The van der Waals surface area contributed by atoms with Gasteiger partial charge in [-0.25, -0.2) is 4.98 Å². The maximum atomic E-state index is 12.4. The molecule has 152 valence electrons. The Kier molecular flexibility index (Phi) is 4.75. The highest BCUT2D eigenvalue weighted by Gasteiger charge is 2.37. The largest absolute Gasteiger partial charge is 0.495 e. The molecule has 0 spiro atoms. The molecule has 7 nitrogen and oxygen atoms in total. The summed E-state index contributed by atoms with van der Waals surface area (Å²) in [6.07, 6.45) is 3.95. The smallest absolute Gasteiger partial charge is 0.247 e. The number of nitrogens with zero attached hydrogens (tertiary/aromatic N) is 4. The Morgan fingerprint density at radius 2 is 2.00 bits per heavy atom. The Morgan fingerprint density at radius 3 is 2.83 bits per heavy atom. The van der Waals surface area contributed by atoms with Gasteiger partial charge in [0.2, 0.25) is 5.91 Å². The van der Waals surface area contributed by atoms with Crippen LogP contribution in [-0.4, -0.2) is 61.7 Å². The molecule has 0 bridgehead atoms. The van der Waals surface area contributed by atoms with E-state index in [1.165, 1.54) is 0 Å². The number of carbonyl (C=O) groups is 1. The molecule has 29 heavy (non-hydrogen) atoms. The molecule has 1 amide bonds. The topological polar surface area (TPSA) is 60.9 Å². The van der Waals surface area contributed by atoms with Gasteiger partial charge in [0.05, 0.1) is 18.5 Å². The number of aromatic nitrogens is 1. The summed E-state index contributed by atoms with van der Waals surface area (Å²) in [5.74, 6) is 1.96. The molecule has 2 fully saturated rings. The quantitative estimate of drug-likeness (QED) is 0.860. The summed E-state index contributed by atoms with van der Waals surface area (Å²) < 4.78 is 5.51. The zero-order valence-corrected chi connectivity index (χ0v) is 16.8. The third-order valence-electron chi connectivity index (χ3n) is 6.21. The van der Waals surface area contributed by atoms with E-state index in [0.717, 1.165) is 80.6 Å². The van der Waals surface area contributed by atoms with Crippen LogP contribution in [0.1, 0.15) is 18.4 Å². The van der Waals surface area contributed by atoms with E-state index in [1.807, 2.05) is 18.3 Å². The summed E-state index contributed by atoms with van der Waals surface area (Å²) in [7, 11) is 1.72. The number of amides is 1. The molecule has 3 aliphatic rings. The van der Waals surface area contributed by atoms with Crippen LogP contribution in [0.25, 0.3) is 0 Å². The van der Waals surface area contributed by atoms with Crippen molar-refractivity contribution >= 4 is 23.1 Å². The summed E-state index contributed by atoms with van der Waals surface area (Å²) in [4.78, 5) is 24.0. The lowest BCUT2D eigenvalue weighted by Gasteiger charge is -2.37. The van der Waals surface area contributed by atoms with E-state index in [0.29, 0.717) is 0 Å². The Hall–Kier alpha value is -2.80. The van der Waals surface area contributed by atoms with Gasteiger partial charge in [-0.2, -0.15) is 0 Å². The van der Waals surface area contributed by atoms with Gasteiger partial charge in [-0.05, 0) is 36.6 Å². The summed E-state index contributed by atoms with van der Waals surface area (Å²) in [5, 5.41) is 3.07. The van der Waals surface area contributed by atoms with Crippen molar-refractivity contribution < 1.29 is 9.53 Å². The number of nitrogens with one attached hydrogen (secondary N) is 1. The summed E-state index contributed by atoms with van der Waals surface area (Å²) >= 11 is 0. The van der Waals surface area contributed by atoms with E-state index in [2.05, 4.69) is 38.2 Å². The Morgan fingerprint density at radius 1 is 1.17 bits per heavy atom. The summed E-state index contributed by atoms with van der Waals surface area (Å²) in [5.41, 5.74) is 3.17. The fourth-order valence-corrected chi connectivity index (χ4v) is 4.71. The number of anilines is 3. The van der Waals surface area contributed by atoms with Gasteiger partial charge in [0.1, 0.15) is 11.8 Å². The molecule has 0 saturated carbocycles. The first kappa shape index (κ1) is 18.2. The average molecular weight is 393 g/mol. The zero-order chi connectivity index (χ0) is 19.8. The van der Waals surface area contributed by atoms with Crippen molar-refractivity contribution in [2.75, 3.05) is 55.0 Å². The van der Waals surface area contributed by atoms with Crippen molar-refractivity contribution in [3.8, 4) is 5.75 Å². The molecule has 0 aliphatic carbocycles. The number of carbonyl (C=O) groups excluding carboxylic acids is 1. The van der Waals surface area contributed by atoms with Gasteiger partial charge < -0.3 is 19.9 Å². The normalized spacial score (nSPS) is 21.6. The van der Waals surface area contributed by atoms with E-state index < -0.39 is 0 Å². The van der Waals surface area contributed by atoms with E-state index in [9.17, 15) is 4.79 Å². The van der Waals surface area contributed by atoms with Gasteiger partial charge in [0, 0.05) is 45.5 Å². The lowest BCUT2D eigenvalue weighted by atomic mass is 10.1. The lowest BCUT2D eigenvalue weighted by molar-refractivity contribution is -0.117. The molecule has 7 heteroatoms. The minimum Gasteiger partial charge on any atom is -0.495 e. The third kappa shape index (κ3) is 3.40. The second-order valence-corrected chi connectivity index (χ2v) is 7.99. The Labute approximate surface area is 171 Å². The molecular weight excluding hydrogens is 366 g/mol. The highest BCUT2D eigenvalue weighted by Crippen LogP contribution is 2.35. The van der Waals surface area contributed by atoms with Crippen LogP contribution < -0.4 is 19.9 Å². The number of pyridine rings is 1. The molecule has 0 radical (unpaired) electrons. The van der Waals surface area contributed by atoms with Crippen molar-refractivity contribution in [2.24, 2.45) is 0 Å². The number of piperazine rings is 1. The molecule has 1 N–H and O–H groups in total. The van der Waals surface area contributed by atoms with Crippen molar-refractivity contribution in [1.82, 2.24) is 9.88 Å². The molecule has 5 rings (SSSR count). The first-order valence-corrected chi connectivity index (χ1v) is 10.4. The van der Waals surface area contributed by atoms with Crippen molar-refractivity contribution in [1.29, 1.82) is 0 Å². The fourth-order valence-electron chi connectivity index (χ4n) is 4.71. The van der Waals surface area contributed by atoms with Crippen LogP contribution in [0.2, 0.25) is 0 Å². The van der Waals surface area contributed by atoms with Crippen LogP contribution in [0.5, 0.6) is 5.75 Å². The Bertz CT molecular complexity index is 910. The van der Waals surface area contributed by atoms with Gasteiger partial charge in [-0.1, -0.05) is 12.1 Å². The van der Waals surface area contributed by atoms with Gasteiger partial charge in [0.15, 0.2) is 5.82 Å². The van der Waals surface area contributed by atoms with Crippen LogP contribution in [0.3, 0.4) is 0 Å². The first-order valence-electron chi connectivity index (χ1n) is 10.4. The highest BCUT2D eigenvalue weighted by molar-refractivity contribution is 6.03. The second-order valence-electron chi connectivity index (χ2n) is 7.99. The monoisotopic (exact) mass is 393 g/mol. The van der Waals surface area contributed by atoms with E-state index >= 15 is 0 Å². The fraction of sp³-hybridized carbons (Fsp3) is 0.455. The molecule has 1 unspecified atom stereocenters. The van der Waals surface area contributed by atoms with Crippen LogP contribution in [-0.2, 0) is 11.3 Å². The van der Waals surface area contributed by atoms with Gasteiger partial charge >= 0.3 is 0 Å². The van der Waals surface area contributed by atoms with Gasteiger partial charge in [-0.15, -0.1) is 0 Å². The van der Waals surface area contributed by atoms with E-state index in [4.69, 9.17) is 9.72 Å². The molecule has 4 heterocycles. The molecule has 1 aromatic carbocycles. The van der Waals surface area contributed by atoms with Crippen LogP contribution >= 0.6 is 0 Å². The molecular formula is C22H27N5O2. The maximum absolute atomic E-state index is 12.4. The number of ether oxygens (including phenoxy) is 1. The number of rotatable bonds is 4. The average Bonchev–Trinajstić information content (AvgIpc) is 3.25. The number of hydrogen-bond donors (Lipinski definition) is 1.